The molecule has 140 valence electrons. The van der Waals surface area contributed by atoms with E-state index in [1.165, 1.54) is 6.26 Å². The van der Waals surface area contributed by atoms with Crippen molar-refractivity contribution in [2.75, 3.05) is 18.0 Å². The number of furan rings is 1. The SMILES string of the molecule is Cc1occc1C(=O)NNC(=O)[C@@H]1CCCN(c2nc3ccccc3s2)C1. The molecular weight excluding hydrogens is 364 g/mol. The summed E-state index contributed by atoms with van der Waals surface area (Å²) in [5.74, 6) is -0.248. The molecule has 0 saturated carbocycles. The summed E-state index contributed by atoms with van der Waals surface area (Å²) in [7, 11) is 0. The summed E-state index contributed by atoms with van der Waals surface area (Å²) in [5, 5.41) is 0.937. The number of aromatic nitrogens is 1. The van der Waals surface area contributed by atoms with Crippen LogP contribution in [0.3, 0.4) is 0 Å². The van der Waals surface area contributed by atoms with Crippen LogP contribution in [0.2, 0.25) is 0 Å². The Kier molecular flexibility index (Phi) is 4.81. The van der Waals surface area contributed by atoms with Gasteiger partial charge in [-0.05, 0) is 38.0 Å². The van der Waals surface area contributed by atoms with E-state index in [-0.39, 0.29) is 17.7 Å². The van der Waals surface area contributed by atoms with E-state index < -0.39 is 0 Å². The smallest absolute Gasteiger partial charge is 0.273 e. The number of benzene rings is 1. The second kappa shape index (κ2) is 7.40. The summed E-state index contributed by atoms with van der Waals surface area (Å²) >= 11 is 1.64. The predicted molar refractivity (Wildman–Crippen MR) is 104 cm³/mol. The number of carbonyl (C=O) groups is 2. The maximum absolute atomic E-state index is 12.5. The van der Waals surface area contributed by atoms with Gasteiger partial charge < -0.3 is 9.32 Å². The van der Waals surface area contributed by atoms with Crippen LogP contribution < -0.4 is 15.8 Å². The highest BCUT2D eigenvalue weighted by Gasteiger charge is 2.28. The topological polar surface area (TPSA) is 87.5 Å². The lowest BCUT2D eigenvalue weighted by Crippen LogP contribution is -2.49. The van der Waals surface area contributed by atoms with Crippen molar-refractivity contribution in [3.05, 3.63) is 47.9 Å². The zero-order valence-electron chi connectivity index (χ0n) is 14.9. The zero-order valence-corrected chi connectivity index (χ0v) is 15.7. The lowest BCUT2D eigenvalue weighted by Gasteiger charge is -2.31. The second-order valence-electron chi connectivity index (χ2n) is 6.58. The third-order valence-corrected chi connectivity index (χ3v) is 5.85. The van der Waals surface area contributed by atoms with Crippen molar-refractivity contribution in [1.82, 2.24) is 15.8 Å². The van der Waals surface area contributed by atoms with Gasteiger partial charge in [0.25, 0.3) is 5.91 Å². The number of hydrogen-bond acceptors (Lipinski definition) is 6. The van der Waals surface area contributed by atoms with Crippen LogP contribution in [0.5, 0.6) is 0 Å². The standard InChI is InChI=1S/C19H20N4O3S/c1-12-14(8-10-26-12)18(25)22-21-17(24)13-5-4-9-23(11-13)19-20-15-6-2-3-7-16(15)27-19/h2-3,6-8,10,13H,4-5,9,11H2,1H3,(H,21,24)(H,22,25)/t13-/m1/s1. The van der Waals surface area contributed by atoms with Gasteiger partial charge in [0.05, 0.1) is 28.0 Å². The molecule has 2 N–H and O–H groups in total. The van der Waals surface area contributed by atoms with E-state index in [1.807, 2.05) is 18.2 Å². The first-order chi connectivity index (χ1) is 13.1. The Morgan fingerprint density at radius 2 is 2.11 bits per heavy atom. The van der Waals surface area contributed by atoms with E-state index in [2.05, 4.69) is 26.8 Å². The number of amides is 2. The van der Waals surface area contributed by atoms with Gasteiger partial charge in [0.2, 0.25) is 5.91 Å². The molecule has 2 aromatic heterocycles. The largest absolute Gasteiger partial charge is 0.469 e. The number of hydrogen-bond donors (Lipinski definition) is 2. The average molecular weight is 384 g/mol. The highest BCUT2D eigenvalue weighted by Crippen LogP contribution is 2.31. The van der Waals surface area contributed by atoms with Crippen LogP contribution in [0.1, 0.15) is 29.0 Å². The summed E-state index contributed by atoms with van der Waals surface area (Å²) in [6, 6.07) is 9.60. The number of hydrazine groups is 1. The summed E-state index contributed by atoms with van der Waals surface area (Å²) in [4.78, 5) is 31.4. The Morgan fingerprint density at radius 3 is 2.89 bits per heavy atom. The predicted octanol–water partition coefficient (Wildman–Crippen LogP) is 2.88. The third-order valence-electron chi connectivity index (χ3n) is 4.75. The van der Waals surface area contributed by atoms with Crippen LogP contribution in [0.15, 0.2) is 41.0 Å². The van der Waals surface area contributed by atoms with Crippen molar-refractivity contribution in [1.29, 1.82) is 0 Å². The van der Waals surface area contributed by atoms with Crippen LogP contribution in [0.25, 0.3) is 10.2 Å². The van der Waals surface area contributed by atoms with Gasteiger partial charge >= 0.3 is 0 Å². The molecule has 8 heteroatoms. The van der Waals surface area contributed by atoms with E-state index in [4.69, 9.17) is 4.42 Å². The minimum Gasteiger partial charge on any atom is -0.469 e. The van der Waals surface area contributed by atoms with E-state index in [0.29, 0.717) is 17.9 Å². The number of thiazole rings is 1. The number of fused-ring (bicyclic) bond motifs is 1. The van der Waals surface area contributed by atoms with Gasteiger partial charge in [-0.3, -0.25) is 20.4 Å². The number of nitrogens with one attached hydrogen (secondary N) is 2. The molecule has 0 radical (unpaired) electrons. The Labute approximate surface area is 160 Å². The fourth-order valence-corrected chi connectivity index (χ4v) is 4.27. The molecule has 0 aliphatic carbocycles. The lowest BCUT2D eigenvalue weighted by molar-refractivity contribution is -0.126. The molecule has 3 aromatic rings. The molecule has 1 saturated heterocycles. The monoisotopic (exact) mass is 384 g/mol. The molecule has 3 heterocycles. The van der Waals surface area contributed by atoms with Gasteiger partial charge in [0, 0.05) is 13.1 Å². The number of rotatable bonds is 3. The van der Waals surface area contributed by atoms with E-state index >= 15 is 0 Å². The first-order valence-electron chi connectivity index (χ1n) is 8.86. The van der Waals surface area contributed by atoms with Gasteiger partial charge in [0.15, 0.2) is 5.13 Å². The van der Waals surface area contributed by atoms with Crippen LogP contribution in [0.4, 0.5) is 5.13 Å². The van der Waals surface area contributed by atoms with Crippen molar-refractivity contribution in [3.8, 4) is 0 Å². The Bertz CT molecular complexity index is 947. The molecule has 1 fully saturated rings. The van der Waals surface area contributed by atoms with Gasteiger partial charge in [-0.25, -0.2) is 4.98 Å². The summed E-state index contributed by atoms with van der Waals surface area (Å²) < 4.78 is 6.25. The molecule has 0 bridgehead atoms. The number of para-hydroxylation sites is 1. The Hall–Kier alpha value is -2.87. The summed E-state index contributed by atoms with van der Waals surface area (Å²) in [5.41, 5.74) is 6.40. The molecule has 27 heavy (non-hydrogen) atoms. The number of anilines is 1. The first-order valence-corrected chi connectivity index (χ1v) is 9.68. The van der Waals surface area contributed by atoms with E-state index in [1.54, 1.807) is 24.3 Å². The zero-order chi connectivity index (χ0) is 18.8. The highest BCUT2D eigenvalue weighted by atomic mass is 32.1. The van der Waals surface area contributed by atoms with Crippen molar-refractivity contribution in [3.63, 3.8) is 0 Å². The summed E-state index contributed by atoms with van der Waals surface area (Å²) in [6.07, 6.45) is 3.14. The van der Waals surface area contributed by atoms with E-state index in [9.17, 15) is 9.59 Å². The minimum atomic E-state index is -0.381. The van der Waals surface area contributed by atoms with Gasteiger partial charge in [-0.1, -0.05) is 23.5 Å². The first kappa shape index (κ1) is 17.5. The molecule has 1 aromatic carbocycles. The summed E-state index contributed by atoms with van der Waals surface area (Å²) in [6.45, 7) is 3.17. The van der Waals surface area contributed by atoms with Crippen LogP contribution in [-0.4, -0.2) is 29.9 Å². The molecule has 1 aliphatic heterocycles. The molecule has 0 unspecified atom stereocenters. The van der Waals surface area contributed by atoms with E-state index in [0.717, 1.165) is 34.7 Å². The highest BCUT2D eigenvalue weighted by molar-refractivity contribution is 7.22. The third kappa shape index (κ3) is 3.66. The second-order valence-corrected chi connectivity index (χ2v) is 7.59. The average Bonchev–Trinajstić information content (AvgIpc) is 3.32. The number of nitrogens with zero attached hydrogens (tertiary/aromatic N) is 2. The normalized spacial score (nSPS) is 17.1. The number of piperidine rings is 1. The van der Waals surface area contributed by atoms with Crippen LogP contribution >= 0.6 is 11.3 Å². The Morgan fingerprint density at radius 1 is 1.26 bits per heavy atom. The van der Waals surface area contributed by atoms with Crippen LogP contribution in [-0.2, 0) is 4.79 Å². The Balaban J connectivity index is 1.38. The lowest BCUT2D eigenvalue weighted by atomic mass is 9.98. The minimum absolute atomic E-state index is 0.185. The molecule has 0 spiro atoms. The number of carbonyl (C=O) groups excluding carboxylic acids is 2. The molecule has 1 atom stereocenters. The van der Waals surface area contributed by atoms with Gasteiger partial charge in [-0.2, -0.15) is 0 Å². The molecule has 2 amide bonds. The maximum atomic E-state index is 12.5. The maximum Gasteiger partial charge on any atom is 0.273 e. The fourth-order valence-electron chi connectivity index (χ4n) is 3.27. The number of aryl methyl sites for hydroxylation is 1. The molecule has 4 rings (SSSR count). The quantitative estimate of drug-likeness (QED) is 0.678. The van der Waals surface area contributed by atoms with Gasteiger partial charge in [0.1, 0.15) is 5.76 Å². The fraction of sp³-hybridized carbons (Fsp3) is 0.316. The van der Waals surface area contributed by atoms with Gasteiger partial charge in [-0.15, -0.1) is 0 Å². The molecule has 7 nitrogen and oxygen atoms in total. The van der Waals surface area contributed by atoms with Crippen LogP contribution in [0, 0.1) is 12.8 Å². The van der Waals surface area contributed by atoms with Crippen molar-refractivity contribution >= 4 is 38.5 Å². The van der Waals surface area contributed by atoms with Crippen molar-refractivity contribution < 1.29 is 14.0 Å². The molecule has 1 aliphatic rings. The van der Waals surface area contributed by atoms with Crippen molar-refractivity contribution in [2.45, 2.75) is 19.8 Å². The van der Waals surface area contributed by atoms with Crippen molar-refractivity contribution in [2.24, 2.45) is 5.92 Å². The molecular formula is C19H20N4O3S.